The van der Waals surface area contributed by atoms with Crippen molar-refractivity contribution in [3.63, 3.8) is 0 Å². The van der Waals surface area contributed by atoms with E-state index < -0.39 is 0 Å². The standard InChI is InChI=1S/C12H14N2/c1-10(2)11-4-6-12(7-5-11)14-9-3-8-13-14/h3-10H,1-2H3. The maximum atomic E-state index is 4.18. The molecule has 0 saturated heterocycles. The van der Waals surface area contributed by atoms with Crippen molar-refractivity contribution in [2.45, 2.75) is 19.8 Å². The summed E-state index contributed by atoms with van der Waals surface area (Å²) in [7, 11) is 0. The molecule has 0 atom stereocenters. The molecule has 0 radical (unpaired) electrons. The van der Waals surface area contributed by atoms with Crippen LogP contribution in [0.1, 0.15) is 25.3 Å². The molecule has 0 aliphatic heterocycles. The minimum atomic E-state index is 0.585. The Labute approximate surface area is 84.2 Å². The minimum absolute atomic E-state index is 0.585. The van der Waals surface area contributed by atoms with Gasteiger partial charge in [-0.1, -0.05) is 26.0 Å². The van der Waals surface area contributed by atoms with Crippen molar-refractivity contribution in [2.75, 3.05) is 0 Å². The van der Waals surface area contributed by atoms with Gasteiger partial charge in [-0.15, -0.1) is 0 Å². The lowest BCUT2D eigenvalue weighted by atomic mass is 10.0. The molecule has 0 aliphatic carbocycles. The second-order valence-corrected chi connectivity index (χ2v) is 3.70. The van der Waals surface area contributed by atoms with Crippen LogP contribution in [0.5, 0.6) is 0 Å². The van der Waals surface area contributed by atoms with E-state index in [1.807, 2.05) is 16.9 Å². The fourth-order valence-corrected chi connectivity index (χ4v) is 1.43. The van der Waals surface area contributed by atoms with Gasteiger partial charge in [0.1, 0.15) is 0 Å². The summed E-state index contributed by atoms with van der Waals surface area (Å²) >= 11 is 0. The molecule has 2 aromatic rings. The highest BCUT2D eigenvalue weighted by Gasteiger charge is 1.99. The van der Waals surface area contributed by atoms with Crippen LogP contribution in [0.2, 0.25) is 0 Å². The first kappa shape index (κ1) is 9.00. The van der Waals surface area contributed by atoms with Gasteiger partial charge in [-0.3, -0.25) is 0 Å². The van der Waals surface area contributed by atoms with E-state index in [2.05, 4.69) is 43.2 Å². The third-order valence-corrected chi connectivity index (χ3v) is 2.33. The van der Waals surface area contributed by atoms with Gasteiger partial charge in [-0.25, -0.2) is 4.68 Å². The van der Waals surface area contributed by atoms with Gasteiger partial charge in [0.05, 0.1) is 5.69 Å². The Hall–Kier alpha value is -1.57. The minimum Gasteiger partial charge on any atom is -0.241 e. The summed E-state index contributed by atoms with van der Waals surface area (Å²) in [5, 5.41) is 4.18. The van der Waals surface area contributed by atoms with Crippen molar-refractivity contribution < 1.29 is 0 Å². The van der Waals surface area contributed by atoms with E-state index in [0.717, 1.165) is 5.69 Å². The number of nitrogens with zero attached hydrogens (tertiary/aromatic N) is 2. The second kappa shape index (κ2) is 3.66. The first-order valence-corrected chi connectivity index (χ1v) is 4.87. The van der Waals surface area contributed by atoms with Crippen molar-refractivity contribution in [1.29, 1.82) is 0 Å². The van der Waals surface area contributed by atoms with Crippen LogP contribution in [0.25, 0.3) is 5.69 Å². The summed E-state index contributed by atoms with van der Waals surface area (Å²) in [6, 6.07) is 10.4. The fraction of sp³-hybridized carbons (Fsp3) is 0.250. The van der Waals surface area contributed by atoms with Crippen LogP contribution in [-0.2, 0) is 0 Å². The summed E-state index contributed by atoms with van der Waals surface area (Å²) < 4.78 is 1.87. The largest absolute Gasteiger partial charge is 0.241 e. The third-order valence-electron chi connectivity index (χ3n) is 2.33. The molecular weight excluding hydrogens is 172 g/mol. The Morgan fingerprint density at radius 2 is 1.86 bits per heavy atom. The normalized spacial score (nSPS) is 10.8. The molecule has 0 unspecified atom stereocenters. The molecule has 2 rings (SSSR count). The van der Waals surface area contributed by atoms with E-state index in [1.165, 1.54) is 5.56 Å². The fourth-order valence-electron chi connectivity index (χ4n) is 1.43. The molecule has 1 aromatic carbocycles. The highest BCUT2D eigenvalue weighted by atomic mass is 15.3. The van der Waals surface area contributed by atoms with Gasteiger partial charge in [-0.05, 0) is 29.7 Å². The molecule has 1 aromatic heterocycles. The zero-order valence-corrected chi connectivity index (χ0v) is 8.51. The van der Waals surface area contributed by atoms with Crippen molar-refractivity contribution >= 4 is 0 Å². The molecular formula is C12H14N2. The molecule has 72 valence electrons. The Bertz CT molecular complexity index is 385. The van der Waals surface area contributed by atoms with E-state index in [4.69, 9.17) is 0 Å². The number of aromatic nitrogens is 2. The number of benzene rings is 1. The zero-order valence-electron chi connectivity index (χ0n) is 8.51. The molecule has 14 heavy (non-hydrogen) atoms. The number of rotatable bonds is 2. The van der Waals surface area contributed by atoms with Crippen LogP contribution in [0, 0.1) is 0 Å². The topological polar surface area (TPSA) is 17.8 Å². The predicted octanol–water partition coefficient (Wildman–Crippen LogP) is 3.00. The van der Waals surface area contributed by atoms with Crippen LogP contribution >= 0.6 is 0 Å². The van der Waals surface area contributed by atoms with Crippen molar-refractivity contribution in [1.82, 2.24) is 9.78 Å². The van der Waals surface area contributed by atoms with E-state index in [1.54, 1.807) is 6.20 Å². The number of hydrogen-bond acceptors (Lipinski definition) is 1. The lowest BCUT2D eigenvalue weighted by Gasteiger charge is -2.06. The van der Waals surface area contributed by atoms with E-state index in [-0.39, 0.29) is 0 Å². The lowest BCUT2D eigenvalue weighted by molar-refractivity contribution is 0.854. The molecule has 0 N–H and O–H groups in total. The van der Waals surface area contributed by atoms with Gasteiger partial charge >= 0.3 is 0 Å². The molecule has 0 amide bonds. The van der Waals surface area contributed by atoms with E-state index in [0.29, 0.717) is 5.92 Å². The quantitative estimate of drug-likeness (QED) is 0.705. The van der Waals surface area contributed by atoms with Gasteiger partial charge < -0.3 is 0 Å². The Morgan fingerprint density at radius 3 is 2.36 bits per heavy atom. The monoisotopic (exact) mass is 186 g/mol. The SMILES string of the molecule is CC(C)c1ccc(-n2cccn2)cc1. The Morgan fingerprint density at radius 1 is 1.14 bits per heavy atom. The molecule has 0 bridgehead atoms. The van der Waals surface area contributed by atoms with Crippen molar-refractivity contribution in [3.8, 4) is 5.69 Å². The molecule has 0 spiro atoms. The van der Waals surface area contributed by atoms with Gasteiger partial charge in [-0.2, -0.15) is 5.10 Å². The maximum absolute atomic E-state index is 4.18. The average molecular weight is 186 g/mol. The zero-order chi connectivity index (χ0) is 9.97. The Balaban J connectivity index is 2.31. The van der Waals surface area contributed by atoms with Crippen molar-refractivity contribution in [2.24, 2.45) is 0 Å². The third kappa shape index (κ3) is 1.69. The highest BCUT2D eigenvalue weighted by Crippen LogP contribution is 2.16. The first-order valence-electron chi connectivity index (χ1n) is 4.87. The smallest absolute Gasteiger partial charge is 0.0645 e. The van der Waals surface area contributed by atoms with E-state index >= 15 is 0 Å². The average Bonchev–Trinajstić information content (AvgIpc) is 2.71. The lowest BCUT2D eigenvalue weighted by Crippen LogP contribution is -1.94. The predicted molar refractivity (Wildman–Crippen MR) is 57.7 cm³/mol. The second-order valence-electron chi connectivity index (χ2n) is 3.70. The van der Waals surface area contributed by atoms with Crippen LogP contribution in [0.4, 0.5) is 0 Å². The maximum Gasteiger partial charge on any atom is 0.0645 e. The highest BCUT2D eigenvalue weighted by molar-refractivity contribution is 5.34. The summed E-state index contributed by atoms with van der Waals surface area (Å²) in [6.45, 7) is 4.39. The molecule has 2 heteroatoms. The van der Waals surface area contributed by atoms with Crippen LogP contribution in [0.3, 0.4) is 0 Å². The number of hydrogen-bond donors (Lipinski definition) is 0. The molecule has 2 nitrogen and oxygen atoms in total. The summed E-state index contributed by atoms with van der Waals surface area (Å²) in [5.41, 5.74) is 2.47. The van der Waals surface area contributed by atoms with Gasteiger partial charge in [0.2, 0.25) is 0 Å². The summed E-state index contributed by atoms with van der Waals surface area (Å²) in [5.74, 6) is 0.585. The first-order chi connectivity index (χ1) is 6.77. The van der Waals surface area contributed by atoms with Crippen molar-refractivity contribution in [3.05, 3.63) is 48.3 Å². The van der Waals surface area contributed by atoms with Gasteiger partial charge in [0.25, 0.3) is 0 Å². The van der Waals surface area contributed by atoms with Gasteiger partial charge in [0, 0.05) is 12.4 Å². The van der Waals surface area contributed by atoms with Gasteiger partial charge in [0.15, 0.2) is 0 Å². The molecule has 0 fully saturated rings. The molecule has 0 saturated carbocycles. The molecule has 1 heterocycles. The Kier molecular flexibility index (Phi) is 2.35. The summed E-state index contributed by atoms with van der Waals surface area (Å²) in [4.78, 5) is 0. The van der Waals surface area contributed by atoms with E-state index in [9.17, 15) is 0 Å². The van der Waals surface area contributed by atoms with Crippen LogP contribution in [-0.4, -0.2) is 9.78 Å². The summed E-state index contributed by atoms with van der Waals surface area (Å²) in [6.07, 6.45) is 3.74. The molecule has 0 aliphatic rings. The van der Waals surface area contributed by atoms with Crippen LogP contribution in [0.15, 0.2) is 42.7 Å². The van der Waals surface area contributed by atoms with Crippen LogP contribution < -0.4 is 0 Å².